The minimum Gasteiger partial charge on any atom is -0.452 e. The van der Waals surface area contributed by atoms with Gasteiger partial charge in [0.2, 0.25) is 0 Å². The van der Waals surface area contributed by atoms with Crippen molar-refractivity contribution in [2.75, 3.05) is 24.2 Å². The topological polar surface area (TPSA) is 58.6 Å². The average Bonchev–Trinajstić information content (AvgIpc) is 2.62. The first-order chi connectivity index (χ1) is 12.4. The van der Waals surface area contributed by atoms with Crippen LogP contribution in [0, 0.1) is 5.92 Å². The third-order valence-electron chi connectivity index (χ3n) is 4.16. The number of anilines is 1. The fourth-order valence-corrected chi connectivity index (χ4v) is 3.70. The number of hydrogen-bond acceptors (Lipinski definition) is 5. The molecule has 0 radical (unpaired) electrons. The Kier molecular flexibility index (Phi) is 8.18. The van der Waals surface area contributed by atoms with Crippen LogP contribution in [0.5, 0.6) is 0 Å². The molecule has 142 valence electrons. The number of benzene rings is 1. The average molecular weight is 415 g/mol. The van der Waals surface area contributed by atoms with E-state index in [1.165, 1.54) is 18.7 Å². The Morgan fingerprint density at radius 3 is 2.69 bits per heavy atom. The summed E-state index contributed by atoms with van der Waals surface area (Å²) < 4.78 is 5.90. The molecule has 8 heteroatoms. The van der Waals surface area contributed by atoms with Crippen LogP contribution in [-0.4, -0.2) is 46.0 Å². The van der Waals surface area contributed by atoms with Crippen molar-refractivity contribution < 1.29 is 14.3 Å². The van der Waals surface area contributed by atoms with Gasteiger partial charge in [-0.15, -0.1) is 0 Å². The van der Waals surface area contributed by atoms with Crippen molar-refractivity contribution in [3.05, 3.63) is 29.3 Å². The predicted octanol–water partition coefficient (Wildman–Crippen LogP) is 3.96. The number of nitrogens with one attached hydrogen (secondary N) is 1. The number of ether oxygens (including phenoxy) is 1. The summed E-state index contributed by atoms with van der Waals surface area (Å²) in [5.74, 6) is -0.0794. The van der Waals surface area contributed by atoms with E-state index in [0.29, 0.717) is 15.0 Å². The number of para-hydroxylation sites is 1. The number of amides is 1. The zero-order valence-corrected chi connectivity index (χ0v) is 17.3. The largest absolute Gasteiger partial charge is 0.452 e. The second-order valence-electron chi connectivity index (χ2n) is 6.33. The van der Waals surface area contributed by atoms with Crippen molar-refractivity contribution in [1.29, 1.82) is 0 Å². The minimum absolute atomic E-state index is 0.0919. The van der Waals surface area contributed by atoms with Gasteiger partial charge in [-0.3, -0.25) is 9.59 Å². The molecule has 1 aromatic rings. The molecule has 1 N–H and O–H groups in total. The molecule has 5 nitrogen and oxygen atoms in total. The minimum atomic E-state index is -0.913. The summed E-state index contributed by atoms with van der Waals surface area (Å²) in [6.07, 6.45) is 1.32. The van der Waals surface area contributed by atoms with Crippen molar-refractivity contribution in [1.82, 2.24) is 4.90 Å². The fourth-order valence-electron chi connectivity index (χ4n) is 2.48. The zero-order chi connectivity index (χ0) is 19.1. The Morgan fingerprint density at radius 1 is 1.38 bits per heavy atom. The van der Waals surface area contributed by atoms with Gasteiger partial charge in [0.1, 0.15) is 4.32 Å². The van der Waals surface area contributed by atoms with Gasteiger partial charge in [0.25, 0.3) is 5.91 Å². The molecule has 2 rings (SSSR count). The number of halogens is 1. The van der Waals surface area contributed by atoms with Crippen LogP contribution in [0.15, 0.2) is 24.3 Å². The van der Waals surface area contributed by atoms with Crippen molar-refractivity contribution >= 4 is 57.5 Å². The number of carbonyl (C=O) groups excluding carboxylic acids is 2. The first-order valence-corrected chi connectivity index (χ1v) is 10.3. The number of thiocarbonyl (C=S) groups is 1. The lowest BCUT2D eigenvalue weighted by atomic mass is 10.00. The number of esters is 1. The highest BCUT2D eigenvalue weighted by atomic mass is 35.5. The van der Waals surface area contributed by atoms with E-state index in [4.69, 9.17) is 28.6 Å². The summed E-state index contributed by atoms with van der Waals surface area (Å²) in [6, 6.07) is 6.89. The molecule has 1 aliphatic rings. The van der Waals surface area contributed by atoms with Gasteiger partial charge in [0.05, 0.1) is 16.5 Å². The third kappa shape index (κ3) is 6.45. The van der Waals surface area contributed by atoms with Crippen LogP contribution < -0.4 is 5.32 Å². The summed E-state index contributed by atoms with van der Waals surface area (Å²) in [4.78, 5) is 26.2. The Hall–Kier alpha value is -1.31. The highest BCUT2D eigenvalue weighted by Crippen LogP contribution is 2.22. The molecule has 0 bridgehead atoms. The molecule has 0 spiro atoms. The number of nitrogens with zero attached hydrogens (tertiary/aromatic N) is 1. The van der Waals surface area contributed by atoms with E-state index in [-0.39, 0.29) is 5.75 Å². The number of piperidine rings is 1. The highest BCUT2D eigenvalue weighted by molar-refractivity contribution is 8.23. The molecule has 1 saturated heterocycles. The molecule has 0 aliphatic carbocycles. The van der Waals surface area contributed by atoms with Gasteiger partial charge in [-0.05, 0) is 37.8 Å². The van der Waals surface area contributed by atoms with Gasteiger partial charge in [-0.1, -0.05) is 54.6 Å². The van der Waals surface area contributed by atoms with E-state index < -0.39 is 18.0 Å². The van der Waals surface area contributed by atoms with Crippen LogP contribution in [0.1, 0.15) is 26.7 Å². The second kappa shape index (κ2) is 10.1. The summed E-state index contributed by atoms with van der Waals surface area (Å²) in [5.41, 5.74) is 0.483. The molecule has 0 unspecified atom stereocenters. The van der Waals surface area contributed by atoms with Crippen LogP contribution >= 0.6 is 35.6 Å². The normalized spacial score (nSPS) is 16.0. The van der Waals surface area contributed by atoms with Crippen molar-refractivity contribution in [3.63, 3.8) is 0 Å². The molecule has 0 saturated carbocycles. The van der Waals surface area contributed by atoms with Gasteiger partial charge < -0.3 is 15.0 Å². The quantitative estimate of drug-likeness (QED) is 0.581. The third-order valence-corrected chi connectivity index (χ3v) is 5.99. The van der Waals surface area contributed by atoms with Gasteiger partial charge in [0, 0.05) is 13.1 Å². The molecule has 1 atom stereocenters. The van der Waals surface area contributed by atoms with Gasteiger partial charge in [0.15, 0.2) is 6.10 Å². The molecule has 1 fully saturated rings. The van der Waals surface area contributed by atoms with Crippen LogP contribution in [0.2, 0.25) is 5.02 Å². The predicted molar refractivity (Wildman–Crippen MR) is 111 cm³/mol. The maximum Gasteiger partial charge on any atom is 0.317 e. The van der Waals surface area contributed by atoms with Crippen LogP contribution in [0.4, 0.5) is 5.69 Å². The van der Waals surface area contributed by atoms with Crippen molar-refractivity contribution in [2.45, 2.75) is 32.8 Å². The molecule has 26 heavy (non-hydrogen) atoms. The van der Waals surface area contributed by atoms with Crippen LogP contribution in [0.3, 0.4) is 0 Å². The number of rotatable bonds is 5. The summed E-state index contributed by atoms with van der Waals surface area (Å²) in [6.45, 7) is 5.62. The maximum absolute atomic E-state index is 12.1. The lowest BCUT2D eigenvalue weighted by Crippen LogP contribution is -2.36. The first kappa shape index (κ1) is 21.0. The van der Waals surface area contributed by atoms with E-state index in [2.05, 4.69) is 17.1 Å². The van der Waals surface area contributed by atoms with Gasteiger partial charge in [-0.2, -0.15) is 0 Å². The van der Waals surface area contributed by atoms with E-state index in [0.717, 1.165) is 31.8 Å². The number of thioether (sulfide) groups is 1. The summed E-state index contributed by atoms with van der Waals surface area (Å²) >= 11 is 12.7. The lowest BCUT2D eigenvalue weighted by molar-refractivity contribution is -0.150. The molecule has 1 heterocycles. The van der Waals surface area contributed by atoms with E-state index in [1.807, 2.05) is 0 Å². The Morgan fingerprint density at radius 2 is 2.04 bits per heavy atom. The molecule has 1 aliphatic heterocycles. The van der Waals surface area contributed by atoms with Crippen LogP contribution in [0.25, 0.3) is 0 Å². The Labute approximate surface area is 168 Å². The van der Waals surface area contributed by atoms with E-state index >= 15 is 0 Å². The summed E-state index contributed by atoms with van der Waals surface area (Å²) in [7, 11) is 0. The smallest absolute Gasteiger partial charge is 0.317 e. The zero-order valence-electron chi connectivity index (χ0n) is 14.9. The number of carbonyl (C=O) groups is 2. The Balaban J connectivity index is 1.73. The van der Waals surface area contributed by atoms with E-state index in [9.17, 15) is 9.59 Å². The molecule has 1 amide bonds. The SMILES string of the molecule is CC1CCN(C(=S)SCC(=O)O[C@H](C)C(=O)Nc2ccccc2Cl)CC1. The monoisotopic (exact) mass is 414 g/mol. The highest BCUT2D eigenvalue weighted by Gasteiger charge is 2.21. The van der Waals surface area contributed by atoms with Gasteiger partial charge >= 0.3 is 5.97 Å². The molecular formula is C18H23ClN2O3S2. The maximum atomic E-state index is 12.1. The lowest BCUT2D eigenvalue weighted by Gasteiger charge is -2.31. The fraction of sp³-hybridized carbons (Fsp3) is 0.500. The second-order valence-corrected chi connectivity index (χ2v) is 8.34. The van der Waals surface area contributed by atoms with Crippen molar-refractivity contribution in [3.8, 4) is 0 Å². The van der Waals surface area contributed by atoms with Gasteiger partial charge in [-0.25, -0.2) is 0 Å². The van der Waals surface area contributed by atoms with Crippen molar-refractivity contribution in [2.24, 2.45) is 5.92 Å². The molecule has 0 aromatic heterocycles. The summed E-state index contributed by atoms with van der Waals surface area (Å²) in [5, 5.41) is 3.07. The number of hydrogen-bond donors (Lipinski definition) is 1. The Bertz CT molecular complexity index is 664. The standard InChI is InChI=1S/C18H23ClN2O3S2/c1-12-7-9-21(10-8-12)18(25)26-11-16(22)24-13(2)17(23)20-15-6-4-3-5-14(15)19/h3-6,12-13H,7-11H2,1-2H3,(H,20,23)/t13-/m1/s1. The molecule has 1 aromatic carbocycles. The van der Waals surface area contributed by atoms with Crippen LogP contribution in [-0.2, 0) is 14.3 Å². The van der Waals surface area contributed by atoms with E-state index in [1.54, 1.807) is 24.3 Å². The molecular weight excluding hydrogens is 392 g/mol. The number of likely N-dealkylation sites (tertiary alicyclic amines) is 1. The first-order valence-electron chi connectivity index (χ1n) is 8.53.